The number of anilines is 1. The third-order valence-electron chi connectivity index (χ3n) is 7.84. The Labute approximate surface area is 222 Å². The maximum Gasteiger partial charge on any atom is 0.231 e. The van der Waals surface area contributed by atoms with Gasteiger partial charge in [0, 0.05) is 61.3 Å². The van der Waals surface area contributed by atoms with Crippen molar-refractivity contribution in [3.05, 3.63) is 83.6 Å². The van der Waals surface area contributed by atoms with Crippen LogP contribution < -0.4 is 19.1 Å². The molecule has 0 radical (unpaired) electrons. The number of amides is 1. The summed E-state index contributed by atoms with van der Waals surface area (Å²) >= 11 is 0. The van der Waals surface area contributed by atoms with Crippen LogP contribution in [0.3, 0.4) is 0 Å². The van der Waals surface area contributed by atoms with Gasteiger partial charge in [0.1, 0.15) is 5.75 Å². The number of piperazine rings is 1. The minimum Gasteiger partial charge on any atom is -0.497 e. The summed E-state index contributed by atoms with van der Waals surface area (Å²) in [5.41, 5.74) is 5.78. The van der Waals surface area contributed by atoms with Crippen LogP contribution in [0.15, 0.2) is 66.9 Å². The number of aromatic amines is 1. The maximum absolute atomic E-state index is 13.7. The molecule has 7 heteroatoms. The molecule has 1 saturated heterocycles. The number of fused-ring (bicyclic) bond motifs is 2. The first kappa shape index (κ1) is 24.2. The number of H-pyrrole nitrogens is 1. The minimum absolute atomic E-state index is 0.0996. The molecule has 3 aromatic carbocycles. The number of benzene rings is 3. The zero-order valence-electron chi connectivity index (χ0n) is 21.9. The fourth-order valence-electron chi connectivity index (χ4n) is 5.67. The number of nitrogens with zero attached hydrogens (tertiary/aromatic N) is 2. The van der Waals surface area contributed by atoms with E-state index >= 15 is 0 Å². The lowest BCUT2D eigenvalue weighted by Crippen LogP contribution is -2.49. The summed E-state index contributed by atoms with van der Waals surface area (Å²) in [7, 11) is 1.68. The standard InChI is InChI=1S/C31H33N3O4/c1-3-21-5-4-6-25-27(19-32-31(21)25)26(22-7-12-28-29(17-22)38-20-37-28)18-30(35)34-15-13-33(14-16-34)23-8-10-24(36-2)11-9-23/h4-12,17,19,26,32H,3,13-16,18,20H2,1-2H3. The SMILES string of the molecule is CCc1cccc2c(C(CC(=O)N3CCN(c4ccc(OC)cc4)CC3)c3ccc4c(c3)OCO4)c[nH]c12. The second-order valence-electron chi connectivity index (χ2n) is 9.87. The van der Waals surface area contributed by atoms with Gasteiger partial charge < -0.3 is 29.0 Å². The van der Waals surface area contributed by atoms with Crippen molar-refractivity contribution in [1.82, 2.24) is 9.88 Å². The van der Waals surface area contributed by atoms with Crippen molar-refractivity contribution in [3.63, 3.8) is 0 Å². The van der Waals surface area contributed by atoms with Crippen molar-refractivity contribution in [2.45, 2.75) is 25.7 Å². The molecule has 7 nitrogen and oxygen atoms in total. The number of nitrogens with one attached hydrogen (secondary N) is 1. The van der Waals surface area contributed by atoms with E-state index in [9.17, 15) is 4.79 Å². The molecule has 1 amide bonds. The molecular weight excluding hydrogens is 478 g/mol. The summed E-state index contributed by atoms with van der Waals surface area (Å²) < 4.78 is 16.5. The topological polar surface area (TPSA) is 67.0 Å². The molecule has 4 aromatic rings. The lowest BCUT2D eigenvalue weighted by atomic mass is 9.87. The number of carbonyl (C=O) groups excluding carboxylic acids is 1. The van der Waals surface area contributed by atoms with Crippen molar-refractivity contribution in [2.24, 2.45) is 0 Å². The number of aromatic nitrogens is 1. The highest BCUT2D eigenvalue weighted by Crippen LogP contribution is 2.40. The Morgan fingerprint density at radius 2 is 1.79 bits per heavy atom. The predicted molar refractivity (Wildman–Crippen MR) is 148 cm³/mol. The smallest absolute Gasteiger partial charge is 0.231 e. The average Bonchev–Trinajstić information content (AvgIpc) is 3.63. The number of carbonyl (C=O) groups is 1. The van der Waals surface area contributed by atoms with E-state index in [4.69, 9.17) is 14.2 Å². The number of ether oxygens (including phenoxy) is 3. The minimum atomic E-state index is -0.0996. The zero-order chi connectivity index (χ0) is 26.1. The van der Waals surface area contributed by atoms with Gasteiger partial charge in [-0.1, -0.05) is 31.2 Å². The molecule has 1 N–H and O–H groups in total. The monoisotopic (exact) mass is 511 g/mol. The highest BCUT2D eigenvalue weighted by molar-refractivity contribution is 5.88. The van der Waals surface area contributed by atoms with Gasteiger partial charge in [-0.05, 0) is 59.5 Å². The molecule has 1 fully saturated rings. The molecule has 0 saturated carbocycles. The van der Waals surface area contributed by atoms with Crippen LogP contribution in [-0.2, 0) is 11.2 Å². The zero-order valence-corrected chi connectivity index (χ0v) is 21.9. The van der Waals surface area contributed by atoms with E-state index in [2.05, 4.69) is 59.4 Å². The molecule has 0 bridgehead atoms. The average molecular weight is 512 g/mol. The highest BCUT2D eigenvalue weighted by atomic mass is 16.7. The van der Waals surface area contributed by atoms with Crippen LogP contribution in [-0.4, -0.2) is 55.9 Å². The van der Waals surface area contributed by atoms with Crippen LogP contribution >= 0.6 is 0 Å². The molecule has 2 aliphatic heterocycles. The lowest BCUT2D eigenvalue weighted by molar-refractivity contribution is -0.131. The number of para-hydroxylation sites is 1. The summed E-state index contributed by atoms with van der Waals surface area (Å²) in [6, 6.07) is 20.6. The third kappa shape index (κ3) is 4.53. The van der Waals surface area contributed by atoms with E-state index in [1.807, 2.05) is 29.2 Å². The van der Waals surface area contributed by atoms with Crippen LogP contribution in [0.2, 0.25) is 0 Å². The lowest BCUT2D eigenvalue weighted by Gasteiger charge is -2.36. The highest BCUT2D eigenvalue weighted by Gasteiger charge is 2.28. The Balaban J connectivity index is 1.24. The van der Waals surface area contributed by atoms with Gasteiger partial charge in [0.15, 0.2) is 11.5 Å². The van der Waals surface area contributed by atoms with Gasteiger partial charge in [0.2, 0.25) is 12.7 Å². The fraction of sp³-hybridized carbons (Fsp3) is 0.323. The van der Waals surface area contributed by atoms with E-state index in [1.54, 1.807) is 7.11 Å². The van der Waals surface area contributed by atoms with E-state index in [-0.39, 0.29) is 18.6 Å². The summed E-state index contributed by atoms with van der Waals surface area (Å²) in [5.74, 6) is 2.41. The number of hydrogen-bond donors (Lipinski definition) is 1. The van der Waals surface area contributed by atoms with Crippen molar-refractivity contribution < 1.29 is 19.0 Å². The summed E-state index contributed by atoms with van der Waals surface area (Å²) in [4.78, 5) is 21.6. The van der Waals surface area contributed by atoms with Gasteiger partial charge in [-0.15, -0.1) is 0 Å². The third-order valence-corrected chi connectivity index (χ3v) is 7.84. The fourth-order valence-corrected chi connectivity index (χ4v) is 5.67. The van der Waals surface area contributed by atoms with Gasteiger partial charge in [-0.3, -0.25) is 4.79 Å². The predicted octanol–water partition coefficient (Wildman–Crippen LogP) is 5.34. The van der Waals surface area contributed by atoms with Gasteiger partial charge >= 0.3 is 0 Å². The number of methoxy groups -OCH3 is 1. The molecular formula is C31H33N3O4. The van der Waals surface area contributed by atoms with Gasteiger partial charge in [-0.25, -0.2) is 0 Å². The van der Waals surface area contributed by atoms with E-state index in [1.165, 1.54) is 10.9 Å². The second-order valence-corrected chi connectivity index (χ2v) is 9.87. The van der Waals surface area contributed by atoms with E-state index in [0.717, 1.165) is 59.1 Å². The maximum atomic E-state index is 13.7. The first-order valence-electron chi connectivity index (χ1n) is 13.3. The molecule has 196 valence electrons. The first-order valence-corrected chi connectivity index (χ1v) is 13.3. The van der Waals surface area contributed by atoms with Crippen LogP contribution in [0, 0.1) is 0 Å². The Hall–Kier alpha value is -4.13. The van der Waals surface area contributed by atoms with Crippen LogP contribution in [0.25, 0.3) is 10.9 Å². The van der Waals surface area contributed by atoms with Crippen LogP contribution in [0.5, 0.6) is 17.2 Å². The molecule has 6 rings (SSSR count). The Bertz CT molecular complexity index is 1440. The normalized spacial score (nSPS) is 15.6. The number of hydrogen-bond acceptors (Lipinski definition) is 5. The van der Waals surface area contributed by atoms with E-state index < -0.39 is 0 Å². The summed E-state index contributed by atoms with van der Waals surface area (Å²) in [6.45, 7) is 5.41. The quantitative estimate of drug-likeness (QED) is 0.363. The summed E-state index contributed by atoms with van der Waals surface area (Å²) in [5, 5.41) is 1.17. The molecule has 0 aliphatic carbocycles. The Morgan fingerprint density at radius 3 is 2.55 bits per heavy atom. The van der Waals surface area contributed by atoms with Crippen LogP contribution in [0.1, 0.15) is 36.0 Å². The van der Waals surface area contributed by atoms with Gasteiger partial charge in [0.05, 0.1) is 7.11 Å². The summed E-state index contributed by atoms with van der Waals surface area (Å²) in [6.07, 6.45) is 3.42. The first-order chi connectivity index (χ1) is 18.6. The van der Waals surface area contributed by atoms with Gasteiger partial charge in [-0.2, -0.15) is 0 Å². The van der Waals surface area contributed by atoms with Crippen LogP contribution in [0.4, 0.5) is 5.69 Å². The van der Waals surface area contributed by atoms with E-state index in [0.29, 0.717) is 19.5 Å². The Morgan fingerprint density at radius 1 is 1.00 bits per heavy atom. The molecule has 38 heavy (non-hydrogen) atoms. The van der Waals surface area contributed by atoms with Gasteiger partial charge in [0.25, 0.3) is 0 Å². The second kappa shape index (κ2) is 10.3. The van der Waals surface area contributed by atoms with Crippen molar-refractivity contribution >= 4 is 22.5 Å². The molecule has 1 aromatic heterocycles. The largest absolute Gasteiger partial charge is 0.497 e. The number of aryl methyl sites for hydroxylation is 1. The van der Waals surface area contributed by atoms with Crippen molar-refractivity contribution in [2.75, 3.05) is 45.0 Å². The molecule has 1 atom stereocenters. The number of rotatable bonds is 7. The molecule has 1 unspecified atom stereocenters. The Kier molecular flexibility index (Phi) is 6.58. The van der Waals surface area contributed by atoms with Crippen molar-refractivity contribution in [3.8, 4) is 17.2 Å². The molecule has 2 aliphatic rings. The van der Waals surface area contributed by atoms with Crippen molar-refractivity contribution in [1.29, 1.82) is 0 Å². The molecule has 3 heterocycles. The molecule has 0 spiro atoms.